The fourth-order valence-corrected chi connectivity index (χ4v) is 6.35. The summed E-state index contributed by atoms with van der Waals surface area (Å²) in [5.41, 5.74) is 0. The van der Waals surface area contributed by atoms with Crippen LogP contribution in [0.5, 0.6) is 0 Å². The third-order valence-corrected chi connectivity index (χ3v) is 7.98. The third-order valence-electron chi connectivity index (χ3n) is 6.23. The summed E-state index contributed by atoms with van der Waals surface area (Å²) in [6, 6.07) is 0.289. The van der Waals surface area contributed by atoms with Crippen LogP contribution in [0.15, 0.2) is 0 Å². The lowest BCUT2D eigenvalue weighted by Gasteiger charge is -2.34. The van der Waals surface area contributed by atoms with Crippen LogP contribution in [0.3, 0.4) is 0 Å². The largest absolute Gasteiger partial charge is 0.376 e. The second-order valence-electron chi connectivity index (χ2n) is 8.30. The highest BCUT2D eigenvalue weighted by Crippen LogP contribution is 2.24. The van der Waals surface area contributed by atoms with E-state index in [1.807, 2.05) is 11.9 Å². The molecule has 1 amide bonds. The van der Waals surface area contributed by atoms with Gasteiger partial charge in [-0.2, -0.15) is 0 Å². The Morgan fingerprint density at radius 2 is 1.73 bits per heavy atom. The molecule has 26 heavy (non-hydrogen) atoms. The number of ether oxygens (including phenoxy) is 1. The maximum absolute atomic E-state index is 13.1. The van der Waals surface area contributed by atoms with Gasteiger partial charge in [0.15, 0.2) is 9.84 Å². The van der Waals surface area contributed by atoms with Crippen LogP contribution in [0.4, 0.5) is 0 Å². The summed E-state index contributed by atoms with van der Waals surface area (Å²) in [6.07, 6.45) is 10.00. The molecule has 3 fully saturated rings. The van der Waals surface area contributed by atoms with Gasteiger partial charge in [0.2, 0.25) is 5.91 Å². The standard InChI is InChI=1S/C19H34N2O4S/c1-20(16-7-4-2-3-5-8-16)14-19(22)21(13-18-9-6-11-25-18)17-10-12-26(23,24)15-17/h16-18H,2-15H2,1H3. The van der Waals surface area contributed by atoms with E-state index >= 15 is 0 Å². The van der Waals surface area contributed by atoms with Crippen LogP contribution in [0.25, 0.3) is 0 Å². The Labute approximate surface area is 158 Å². The van der Waals surface area contributed by atoms with Crippen molar-refractivity contribution in [3.05, 3.63) is 0 Å². The lowest BCUT2D eigenvalue weighted by Crippen LogP contribution is -2.50. The minimum Gasteiger partial charge on any atom is -0.376 e. The first-order valence-corrected chi connectivity index (χ1v) is 12.1. The number of nitrogens with zero attached hydrogens (tertiary/aromatic N) is 2. The maximum Gasteiger partial charge on any atom is 0.237 e. The molecule has 0 spiro atoms. The van der Waals surface area contributed by atoms with Crippen LogP contribution in [0, 0.1) is 0 Å². The molecule has 3 rings (SSSR count). The van der Waals surface area contributed by atoms with Gasteiger partial charge in [-0.05, 0) is 39.2 Å². The van der Waals surface area contributed by atoms with E-state index in [0.29, 0.717) is 25.6 Å². The van der Waals surface area contributed by atoms with Crippen molar-refractivity contribution in [2.24, 2.45) is 0 Å². The van der Waals surface area contributed by atoms with Crippen LogP contribution in [0.2, 0.25) is 0 Å². The Morgan fingerprint density at radius 1 is 1.00 bits per heavy atom. The summed E-state index contributed by atoms with van der Waals surface area (Å²) < 4.78 is 29.6. The van der Waals surface area contributed by atoms with Crippen molar-refractivity contribution in [3.8, 4) is 0 Å². The molecule has 0 aromatic heterocycles. The summed E-state index contributed by atoms with van der Waals surface area (Å²) >= 11 is 0. The molecule has 0 bridgehead atoms. The van der Waals surface area contributed by atoms with Gasteiger partial charge in [-0.1, -0.05) is 25.7 Å². The molecule has 2 aliphatic heterocycles. The highest BCUT2D eigenvalue weighted by molar-refractivity contribution is 7.91. The monoisotopic (exact) mass is 386 g/mol. The van der Waals surface area contributed by atoms with E-state index in [4.69, 9.17) is 4.74 Å². The van der Waals surface area contributed by atoms with E-state index in [2.05, 4.69) is 4.90 Å². The summed E-state index contributed by atoms with van der Waals surface area (Å²) in [7, 11) is -0.965. The van der Waals surface area contributed by atoms with Gasteiger partial charge in [0.25, 0.3) is 0 Å². The average molecular weight is 387 g/mol. The molecule has 0 radical (unpaired) electrons. The lowest BCUT2D eigenvalue weighted by atomic mass is 10.1. The summed E-state index contributed by atoms with van der Waals surface area (Å²) in [4.78, 5) is 17.1. The number of amides is 1. The molecule has 150 valence electrons. The second-order valence-corrected chi connectivity index (χ2v) is 10.5. The zero-order valence-corrected chi connectivity index (χ0v) is 16.9. The highest BCUT2D eigenvalue weighted by atomic mass is 32.2. The molecule has 0 N–H and O–H groups in total. The van der Waals surface area contributed by atoms with Gasteiger partial charge in [-0.25, -0.2) is 8.42 Å². The third kappa shape index (κ3) is 5.42. The minimum absolute atomic E-state index is 0.0606. The normalized spacial score (nSPS) is 29.8. The van der Waals surface area contributed by atoms with Crippen LogP contribution in [-0.2, 0) is 19.4 Å². The minimum atomic E-state index is -3.01. The number of hydrogen-bond donors (Lipinski definition) is 0. The van der Waals surface area contributed by atoms with Crippen molar-refractivity contribution in [3.63, 3.8) is 0 Å². The van der Waals surface area contributed by atoms with E-state index < -0.39 is 9.84 Å². The van der Waals surface area contributed by atoms with Gasteiger partial charge in [0.05, 0.1) is 24.2 Å². The zero-order chi connectivity index (χ0) is 18.6. The Hall–Kier alpha value is -0.660. The highest BCUT2D eigenvalue weighted by Gasteiger charge is 2.36. The van der Waals surface area contributed by atoms with E-state index in [-0.39, 0.29) is 29.6 Å². The quantitative estimate of drug-likeness (QED) is 0.652. The van der Waals surface area contributed by atoms with Crippen molar-refractivity contribution in [2.75, 3.05) is 38.2 Å². The lowest BCUT2D eigenvalue weighted by molar-refractivity contribution is -0.136. The number of hydrogen-bond acceptors (Lipinski definition) is 5. The molecule has 7 heteroatoms. The first-order valence-electron chi connectivity index (χ1n) is 10.3. The molecule has 1 aliphatic carbocycles. The van der Waals surface area contributed by atoms with Gasteiger partial charge in [0, 0.05) is 25.2 Å². The molecule has 3 aliphatic rings. The summed E-state index contributed by atoms with van der Waals surface area (Å²) in [6.45, 7) is 1.67. The molecule has 6 nitrogen and oxygen atoms in total. The predicted molar refractivity (Wildman–Crippen MR) is 102 cm³/mol. The van der Waals surface area contributed by atoms with Crippen molar-refractivity contribution in [1.82, 2.24) is 9.80 Å². The summed E-state index contributed by atoms with van der Waals surface area (Å²) in [5, 5.41) is 0. The fraction of sp³-hybridized carbons (Fsp3) is 0.947. The Morgan fingerprint density at radius 3 is 2.31 bits per heavy atom. The van der Waals surface area contributed by atoms with Gasteiger partial charge < -0.3 is 9.64 Å². The molecule has 0 aromatic rings. The zero-order valence-electron chi connectivity index (χ0n) is 16.1. The van der Waals surface area contributed by atoms with Gasteiger partial charge in [0.1, 0.15) is 0 Å². The summed E-state index contributed by atoms with van der Waals surface area (Å²) in [5.74, 6) is 0.374. The Bertz CT molecular complexity index is 566. The van der Waals surface area contributed by atoms with Crippen LogP contribution < -0.4 is 0 Å². The molecule has 2 heterocycles. The van der Waals surface area contributed by atoms with Gasteiger partial charge in [-0.3, -0.25) is 9.69 Å². The van der Waals surface area contributed by atoms with E-state index in [0.717, 1.165) is 32.3 Å². The predicted octanol–water partition coefficient (Wildman–Crippen LogP) is 1.84. The van der Waals surface area contributed by atoms with Gasteiger partial charge in [-0.15, -0.1) is 0 Å². The maximum atomic E-state index is 13.1. The molecule has 0 aromatic carbocycles. The molecular formula is C19H34N2O4S. The van der Waals surface area contributed by atoms with Crippen molar-refractivity contribution in [1.29, 1.82) is 0 Å². The smallest absolute Gasteiger partial charge is 0.237 e. The van der Waals surface area contributed by atoms with E-state index in [1.165, 1.54) is 25.7 Å². The van der Waals surface area contributed by atoms with E-state index in [1.54, 1.807) is 0 Å². The fourth-order valence-electron chi connectivity index (χ4n) is 4.62. The number of likely N-dealkylation sites (N-methyl/N-ethyl adjacent to an activating group) is 1. The molecule has 2 unspecified atom stereocenters. The first-order chi connectivity index (χ1) is 12.4. The van der Waals surface area contributed by atoms with Gasteiger partial charge >= 0.3 is 0 Å². The number of rotatable bonds is 6. The van der Waals surface area contributed by atoms with Crippen LogP contribution in [-0.4, -0.2) is 80.6 Å². The second kappa shape index (κ2) is 9.02. The number of sulfone groups is 1. The number of carbonyl (C=O) groups excluding carboxylic acids is 1. The van der Waals surface area contributed by atoms with Crippen molar-refractivity contribution < 1.29 is 17.9 Å². The molecular weight excluding hydrogens is 352 g/mol. The van der Waals surface area contributed by atoms with E-state index in [9.17, 15) is 13.2 Å². The Kier molecular flexibility index (Phi) is 6.97. The molecule has 2 atom stereocenters. The average Bonchev–Trinajstić information content (AvgIpc) is 3.13. The van der Waals surface area contributed by atoms with Crippen LogP contribution in [0.1, 0.15) is 57.8 Å². The SMILES string of the molecule is CN(CC(=O)N(CC1CCCO1)C1CCS(=O)(=O)C1)C1CCCCCC1. The number of carbonyl (C=O) groups is 1. The van der Waals surface area contributed by atoms with Crippen molar-refractivity contribution in [2.45, 2.75) is 76.0 Å². The first kappa shape index (κ1) is 20.1. The molecule has 2 saturated heterocycles. The molecule has 1 saturated carbocycles. The Balaban J connectivity index is 1.63. The van der Waals surface area contributed by atoms with Crippen LogP contribution >= 0.6 is 0 Å². The van der Waals surface area contributed by atoms with Crippen molar-refractivity contribution >= 4 is 15.7 Å². The topological polar surface area (TPSA) is 66.9 Å².